The van der Waals surface area contributed by atoms with Gasteiger partial charge >= 0.3 is 6.09 Å². The highest BCUT2D eigenvalue weighted by Gasteiger charge is 2.16. The van der Waals surface area contributed by atoms with E-state index in [1.807, 2.05) is 48.5 Å². The number of rotatable bonds is 6. The van der Waals surface area contributed by atoms with E-state index in [9.17, 15) is 9.59 Å². The summed E-state index contributed by atoms with van der Waals surface area (Å²) >= 11 is 6.20. The summed E-state index contributed by atoms with van der Waals surface area (Å²) in [5.74, 6) is -0.313. The highest BCUT2D eigenvalue weighted by molar-refractivity contribution is 6.31. The highest BCUT2D eigenvalue weighted by Crippen LogP contribution is 2.26. The molecule has 1 aliphatic rings. The van der Waals surface area contributed by atoms with Gasteiger partial charge in [-0.2, -0.15) is 0 Å². The van der Waals surface area contributed by atoms with Gasteiger partial charge in [-0.05, 0) is 60.8 Å². The van der Waals surface area contributed by atoms with Crippen molar-refractivity contribution in [2.45, 2.75) is 31.9 Å². The average molecular weight is 464 g/mol. The summed E-state index contributed by atoms with van der Waals surface area (Å²) in [5.41, 5.74) is 3.46. The van der Waals surface area contributed by atoms with Crippen LogP contribution in [-0.4, -0.2) is 18.5 Å². The maximum Gasteiger partial charge on any atom is 0.411 e. The number of benzene rings is 3. The Bertz CT molecular complexity index is 1110. The fourth-order valence-corrected chi connectivity index (χ4v) is 4.08. The zero-order valence-electron chi connectivity index (χ0n) is 18.1. The number of halogens is 1. The van der Waals surface area contributed by atoms with E-state index < -0.39 is 6.09 Å². The number of nitrogens with one attached hydrogen (secondary N) is 3. The minimum absolute atomic E-state index is 0.146. The second kappa shape index (κ2) is 11.0. The topological polar surface area (TPSA) is 79.5 Å². The lowest BCUT2D eigenvalue weighted by molar-refractivity contribution is 0.102. The molecule has 6 nitrogen and oxygen atoms in total. The molecule has 3 N–H and O–H groups in total. The van der Waals surface area contributed by atoms with Crippen molar-refractivity contribution in [3.05, 3.63) is 94.5 Å². The Morgan fingerprint density at radius 2 is 1.79 bits per heavy atom. The van der Waals surface area contributed by atoms with E-state index in [4.69, 9.17) is 16.3 Å². The van der Waals surface area contributed by atoms with Gasteiger partial charge in [-0.1, -0.05) is 60.5 Å². The molecule has 0 unspecified atom stereocenters. The molecule has 3 aromatic carbocycles. The molecule has 1 aliphatic heterocycles. The van der Waals surface area contributed by atoms with Crippen LogP contribution in [0.25, 0.3) is 0 Å². The van der Waals surface area contributed by atoms with E-state index in [-0.39, 0.29) is 12.5 Å². The van der Waals surface area contributed by atoms with Crippen molar-refractivity contribution in [3.63, 3.8) is 0 Å². The lowest BCUT2D eigenvalue weighted by Gasteiger charge is -2.24. The van der Waals surface area contributed by atoms with Gasteiger partial charge in [0.1, 0.15) is 6.61 Å². The third kappa shape index (κ3) is 6.57. The van der Waals surface area contributed by atoms with Gasteiger partial charge in [0, 0.05) is 28.0 Å². The van der Waals surface area contributed by atoms with E-state index in [0.29, 0.717) is 28.0 Å². The summed E-state index contributed by atoms with van der Waals surface area (Å²) in [5, 5.41) is 9.41. The van der Waals surface area contributed by atoms with Gasteiger partial charge in [0.05, 0.1) is 0 Å². The van der Waals surface area contributed by atoms with Crippen LogP contribution in [0.2, 0.25) is 5.02 Å². The van der Waals surface area contributed by atoms with Crippen molar-refractivity contribution in [1.29, 1.82) is 0 Å². The predicted molar refractivity (Wildman–Crippen MR) is 131 cm³/mol. The Balaban J connectivity index is 1.39. The average Bonchev–Trinajstić information content (AvgIpc) is 2.84. The Labute approximate surface area is 198 Å². The minimum atomic E-state index is -0.625. The number of carbonyl (C=O) groups excluding carboxylic acids is 2. The molecular formula is C26H26ClN3O3. The summed E-state index contributed by atoms with van der Waals surface area (Å²) in [4.78, 5) is 25.0. The monoisotopic (exact) mass is 463 g/mol. The van der Waals surface area contributed by atoms with Crippen molar-refractivity contribution in [2.75, 3.05) is 17.2 Å². The van der Waals surface area contributed by atoms with Crippen molar-refractivity contribution < 1.29 is 14.3 Å². The predicted octanol–water partition coefficient (Wildman–Crippen LogP) is 6.16. The molecular weight excluding hydrogens is 438 g/mol. The molecule has 3 aromatic rings. The van der Waals surface area contributed by atoms with Crippen LogP contribution in [0.1, 0.15) is 46.8 Å². The zero-order chi connectivity index (χ0) is 23.0. The second-order valence-electron chi connectivity index (χ2n) is 8.00. The third-order valence-electron chi connectivity index (χ3n) is 5.48. The molecule has 1 fully saturated rings. The Morgan fingerprint density at radius 3 is 2.58 bits per heavy atom. The largest absolute Gasteiger partial charge is 0.444 e. The number of anilines is 2. The first kappa shape index (κ1) is 22.8. The van der Waals surface area contributed by atoms with E-state index in [1.54, 1.807) is 18.2 Å². The van der Waals surface area contributed by atoms with Gasteiger partial charge in [-0.3, -0.25) is 10.1 Å². The van der Waals surface area contributed by atoms with Crippen LogP contribution in [0.15, 0.2) is 72.8 Å². The number of hydrogen-bond donors (Lipinski definition) is 3. The Morgan fingerprint density at radius 1 is 0.939 bits per heavy atom. The molecule has 2 amide bonds. The number of amides is 2. The van der Waals surface area contributed by atoms with E-state index in [2.05, 4.69) is 22.0 Å². The summed E-state index contributed by atoms with van der Waals surface area (Å²) in [6.45, 7) is 1.15. The smallest absolute Gasteiger partial charge is 0.411 e. The number of hydrogen-bond acceptors (Lipinski definition) is 4. The van der Waals surface area contributed by atoms with Gasteiger partial charge in [0.15, 0.2) is 0 Å². The van der Waals surface area contributed by atoms with Gasteiger partial charge in [-0.25, -0.2) is 4.79 Å². The number of ether oxygens (including phenoxy) is 1. The minimum Gasteiger partial charge on any atom is -0.444 e. The molecule has 0 aliphatic carbocycles. The molecule has 0 bridgehead atoms. The quantitative estimate of drug-likeness (QED) is 0.409. The van der Waals surface area contributed by atoms with Crippen LogP contribution in [0, 0.1) is 0 Å². The van der Waals surface area contributed by atoms with Crippen molar-refractivity contribution in [2.24, 2.45) is 0 Å². The standard InChI is InChI=1S/C26H26ClN3O3/c27-21-13-20(15-23(16-21)30-26(32)33-17-18-7-2-1-3-8-18)25(31)29-22-10-6-9-19(14-22)24-11-4-5-12-28-24/h1-3,6-10,13-16,24,28H,4-5,11-12,17H2,(H,29,31)(H,30,32)/t24-/m1/s1. The van der Waals surface area contributed by atoms with E-state index in [0.717, 1.165) is 24.1 Å². The highest BCUT2D eigenvalue weighted by atomic mass is 35.5. The van der Waals surface area contributed by atoms with E-state index >= 15 is 0 Å². The van der Waals surface area contributed by atoms with Crippen LogP contribution in [0.3, 0.4) is 0 Å². The van der Waals surface area contributed by atoms with Gasteiger partial charge in [-0.15, -0.1) is 0 Å². The summed E-state index contributed by atoms with van der Waals surface area (Å²) in [7, 11) is 0. The molecule has 0 saturated carbocycles. The van der Waals surface area contributed by atoms with Crippen molar-refractivity contribution >= 4 is 35.0 Å². The normalized spacial score (nSPS) is 15.5. The lowest BCUT2D eigenvalue weighted by Crippen LogP contribution is -2.26. The first-order valence-corrected chi connectivity index (χ1v) is 11.4. The van der Waals surface area contributed by atoms with E-state index in [1.165, 1.54) is 12.8 Å². The molecule has 0 radical (unpaired) electrons. The molecule has 4 rings (SSSR count). The van der Waals surface area contributed by atoms with Crippen LogP contribution < -0.4 is 16.0 Å². The Kier molecular flexibility index (Phi) is 7.60. The number of piperidine rings is 1. The molecule has 0 aromatic heterocycles. The first-order valence-electron chi connectivity index (χ1n) is 11.0. The lowest BCUT2D eigenvalue weighted by atomic mass is 9.97. The number of carbonyl (C=O) groups is 2. The summed E-state index contributed by atoms with van der Waals surface area (Å²) in [6, 6.07) is 22.2. The maximum atomic E-state index is 12.9. The van der Waals surface area contributed by atoms with Crippen LogP contribution in [0.5, 0.6) is 0 Å². The zero-order valence-corrected chi connectivity index (χ0v) is 18.9. The van der Waals surface area contributed by atoms with Crippen molar-refractivity contribution in [1.82, 2.24) is 5.32 Å². The fraction of sp³-hybridized carbons (Fsp3) is 0.231. The molecule has 170 valence electrons. The first-order chi connectivity index (χ1) is 16.1. The fourth-order valence-electron chi connectivity index (χ4n) is 3.84. The molecule has 7 heteroatoms. The molecule has 1 saturated heterocycles. The van der Waals surface area contributed by atoms with Gasteiger partial charge in [0.2, 0.25) is 0 Å². The van der Waals surface area contributed by atoms with Gasteiger partial charge < -0.3 is 15.4 Å². The van der Waals surface area contributed by atoms with Crippen LogP contribution in [0.4, 0.5) is 16.2 Å². The van der Waals surface area contributed by atoms with Crippen LogP contribution in [-0.2, 0) is 11.3 Å². The molecule has 0 spiro atoms. The summed E-state index contributed by atoms with van der Waals surface area (Å²) in [6.07, 6.45) is 2.85. The SMILES string of the molecule is O=C(Nc1cc(Cl)cc(C(=O)Nc2cccc([C@H]3CCCCN3)c2)c1)OCc1ccccc1. The summed E-state index contributed by atoms with van der Waals surface area (Å²) < 4.78 is 5.24. The molecule has 1 heterocycles. The van der Waals surface area contributed by atoms with Gasteiger partial charge in [0.25, 0.3) is 5.91 Å². The second-order valence-corrected chi connectivity index (χ2v) is 8.43. The third-order valence-corrected chi connectivity index (χ3v) is 5.69. The maximum absolute atomic E-state index is 12.9. The molecule has 33 heavy (non-hydrogen) atoms. The van der Waals surface area contributed by atoms with Crippen LogP contribution >= 0.6 is 11.6 Å². The molecule has 1 atom stereocenters. The Hall–Kier alpha value is -3.35. The van der Waals surface area contributed by atoms with Crippen molar-refractivity contribution in [3.8, 4) is 0 Å².